The third-order valence-corrected chi connectivity index (χ3v) is 9.69. The number of carbonyl (C=O) groups excluding carboxylic acids is 2. The molecule has 0 aliphatic carbocycles. The molecular weight excluding hydrogens is 603 g/mol. The highest BCUT2D eigenvalue weighted by Crippen LogP contribution is 2.36. The lowest BCUT2D eigenvalue weighted by Crippen LogP contribution is -2.29. The van der Waals surface area contributed by atoms with Crippen LogP contribution in [0.5, 0.6) is 0 Å². The summed E-state index contributed by atoms with van der Waals surface area (Å²) < 4.78 is 26.3. The Hall–Kier alpha value is -0.950. The average Bonchev–Trinajstić information content (AvgIpc) is 3.02. The first-order valence-electron chi connectivity index (χ1n) is 19.1. The van der Waals surface area contributed by atoms with E-state index in [9.17, 15) is 14.2 Å². The van der Waals surface area contributed by atoms with E-state index in [1.807, 2.05) is 0 Å². The predicted octanol–water partition coefficient (Wildman–Crippen LogP) is 11.0. The van der Waals surface area contributed by atoms with Gasteiger partial charge in [0.15, 0.2) is 6.10 Å². The summed E-state index contributed by atoms with van der Waals surface area (Å²) in [6.45, 7) is 8.34. The molecule has 0 aromatic carbocycles. The molecule has 2 unspecified atom stereocenters. The Balaban J connectivity index is 3.91. The average molecular weight is 677 g/mol. The van der Waals surface area contributed by atoms with Gasteiger partial charge in [-0.05, 0) is 24.7 Å². The molecule has 0 radical (unpaired) electrons. The number of carbonyl (C=O) groups is 2. The summed E-state index contributed by atoms with van der Waals surface area (Å²) in [6, 6.07) is 0. The molecule has 8 nitrogen and oxygen atoms in total. The van der Waals surface area contributed by atoms with Crippen molar-refractivity contribution in [2.24, 2.45) is 11.8 Å². The van der Waals surface area contributed by atoms with E-state index in [4.69, 9.17) is 19.3 Å². The maximum Gasteiger partial charge on any atom is 0.469 e. The fourth-order valence-electron chi connectivity index (χ4n) is 5.56. The fraction of sp³-hybridized carbons (Fsp3) is 0.946. The first-order valence-corrected chi connectivity index (χ1v) is 20.7. The van der Waals surface area contributed by atoms with Gasteiger partial charge >= 0.3 is 19.8 Å². The smallest absolute Gasteiger partial charge is 0.462 e. The summed E-state index contributed by atoms with van der Waals surface area (Å²) in [6.07, 6.45) is 28.3. The second-order valence-electron chi connectivity index (χ2n) is 13.8. The van der Waals surface area contributed by atoms with Gasteiger partial charge in [-0.25, -0.2) is 4.57 Å². The molecule has 2 N–H and O–H groups in total. The van der Waals surface area contributed by atoms with Crippen molar-refractivity contribution >= 4 is 19.8 Å². The second-order valence-corrected chi connectivity index (χ2v) is 15.0. The van der Waals surface area contributed by atoms with Crippen molar-refractivity contribution in [2.75, 3.05) is 13.2 Å². The first-order chi connectivity index (χ1) is 22.1. The molecule has 0 fully saturated rings. The van der Waals surface area contributed by atoms with E-state index in [0.717, 1.165) is 50.4 Å². The lowest BCUT2D eigenvalue weighted by atomic mass is 9.99. The van der Waals surface area contributed by atoms with Crippen molar-refractivity contribution in [3.8, 4) is 0 Å². The Morgan fingerprint density at radius 2 is 0.891 bits per heavy atom. The van der Waals surface area contributed by atoms with Gasteiger partial charge in [-0.3, -0.25) is 14.1 Å². The van der Waals surface area contributed by atoms with Crippen LogP contribution < -0.4 is 0 Å². The van der Waals surface area contributed by atoms with Crippen LogP contribution in [-0.2, 0) is 28.2 Å². The summed E-state index contributed by atoms with van der Waals surface area (Å²) >= 11 is 0. The van der Waals surface area contributed by atoms with E-state index in [1.165, 1.54) is 109 Å². The quantitative estimate of drug-likeness (QED) is 0.0392. The highest BCUT2D eigenvalue weighted by molar-refractivity contribution is 7.46. The normalized spacial score (nSPS) is 13.8. The Morgan fingerprint density at radius 1 is 0.543 bits per heavy atom. The van der Waals surface area contributed by atoms with Crippen molar-refractivity contribution in [3.63, 3.8) is 0 Å². The fourth-order valence-corrected chi connectivity index (χ4v) is 5.92. The molecule has 274 valence electrons. The van der Waals surface area contributed by atoms with E-state index in [-0.39, 0.29) is 19.4 Å². The van der Waals surface area contributed by atoms with Gasteiger partial charge in [0.1, 0.15) is 6.61 Å². The van der Waals surface area contributed by atoms with Gasteiger partial charge < -0.3 is 19.3 Å². The molecule has 0 aromatic heterocycles. The van der Waals surface area contributed by atoms with E-state index in [1.54, 1.807) is 0 Å². The van der Waals surface area contributed by atoms with Crippen molar-refractivity contribution < 1.29 is 37.9 Å². The highest BCUT2D eigenvalue weighted by Gasteiger charge is 2.22. The molecule has 0 aliphatic heterocycles. The zero-order valence-corrected chi connectivity index (χ0v) is 31.2. The predicted molar refractivity (Wildman–Crippen MR) is 189 cm³/mol. The number of ether oxygens (including phenoxy) is 2. The lowest BCUT2D eigenvalue weighted by molar-refractivity contribution is -0.161. The number of phosphoric acid groups is 1. The first kappa shape index (κ1) is 45.0. The molecule has 0 bridgehead atoms. The minimum atomic E-state index is -4.74. The Morgan fingerprint density at radius 3 is 1.26 bits per heavy atom. The van der Waals surface area contributed by atoms with Gasteiger partial charge in [-0.15, -0.1) is 0 Å². The van der Waals surface area contributed by atoms with Crippen molar-refractivity contribution in [2.45, 2.75) is 201 Å². The summed E-state index contributed by atoms with van der Waals surface area (Å²) in [5, 5.41) is 0. The van der Waals surface area contributed by atoms with E-state index < -0.39 is 32.5 Å². The van der Waals surface area contributed by atoms with Crippen molar-refractivity contribution in [1.29, 1.82) is 0 Å². The molecule has 0 saturated carbocycles. The van der Waals surface area contributed by atoms with Crippen molar-refractivity contribution in [1.82, 2.24) is 0 Å². The van der Waals surface area contributed by atoms with Crippen LogP contribution >= 0.6 is 7.82 Å². The number of rotatable bonds is 34. The van der Waals surface area contributed by atoms with E-state index >= 15 is 0 Å². The van der Waals surface area contributed by atoms with Crippen LogP contribution in [0.1, 0.15) is 195 Å². The van der Waals surface area contributed by atoms with Gasteiger partial charge in [0.05, 0.1) is 6.61 Å². The molecule has 0 saturated heterocycles. The van der Waals surface area contributed by atoms with Crippen LogP contribution in [0.25, 0.3) is 0 Å². The van der Waals surface area contributed by atoms with E-state index in [0.29, 0.717) is 6.42 Å². The third kappa shape index (κ3) is 33.0. The zero-order chi connectivity index (χ0) is 34.3. The van der Waals surface area contributed by atoms with Crippen LogP contribution in [0.15, 0.2) is 0 Å². The van der Waals surface area contributed by atoms with Gasteiger partial charge in [0.2, 0.25) is 0 Å². The van der Waals surface area contributed by atoms with Crippen LogP contribution in [0, 0.1) is 11.8 Å². The number of phosphoric ester groups is 1. The topological polar surface area (TPSA) is 119 Å². The van der Waals surface area contributed by atoms with Crippen LogP contribution in [0.3, 0.4) is 0 Å². The Labute approximate surface area is 283 Å². The molecule has 0 spiro atoms. The van der Waals surface area contributed by atoms with Crippen LogP contribution in [0.2, 0.25) is 0 Å². The van der Waals surface area contributed by atoms with Crippen molar-refractivity contribution in [3.05, 3.63) is 0 Å². The monoisotopic (exact) mass is 677 g/mol. The van der Waals surface area contributed by atoms with Gasteiger partial charge in [-0.2, -0.15) is 0 Å². The second kappa shape index (κ2) is 31.3. The molecule has 0 heterocycles. The molecule has 3 atom stereocenters. The lowest BCUT2D eigenvalue weighted by Gasteiger charge is -2.18. The summed E-state index contributed by atoms with van der Waals surface area (Å²) in [5.74, 6) is 0.793. The molecule has 0 aliphatic rings. The third-order valence-electron chi connectivity index (χ3n) is 9.21. The molecule has 9 heteroatoms. The Bertz CT molecular complexity index is 756. The van der Waals surface area contributed by atoms with Crippen LogP contribution in [-0.4, -0.2) is 41.0 Å². The van der Waals surface area contributed by atoms with Gasteiger partial charge in [0.25, 0.3) is 0 Å². The number of unbranched alkanes of at least 4 members (excludes halogenated alkanes) is 18. The molecule has 0 rings (SSSR count). The number of hydrogen-bond donors (Lipinski definition) is 2. The molecular formula is C37H73O8P. The van der Waals surface area contributed by atoms with Gasteiger partial charge in [-0.1, -0.05) is 169 Å². The zero-order valence-electron chi connectivity index (χ0n) is 30.3. The van der Waals surface area contributed by atoms with Gasteiger partial charge in [0, 0.05) is 12.8 Å². The van der Waals surface area contributed by atoms with E-state index in [2.05, 4.69) is 32.2 Å². The Kier molecular flexibility index (Phi) is 30.7. The minimum absolute atomic E-state index is 0.218. The standard InChI is InChI=1S/C37H73O8P/c1-5-33(3)27-23-19-15-13-11-9-7-8-10-12-14-16-22-26-30-37(39)45-35(32-44-46(40,41)42)31-43-36(38)29-25-21-18-17-20-24-28-34(4)6-2/h33-35H,5-32H2,1-4H3,(H2,40,41,42)/t33?,34?,35-/m1/s1. The van der Waals surface area contributed by atoms with Crippen LogP contribution in [0.4, 0.5) is 0 Å². The summed E-state index contributed by atoms with van der Waals surface area (Å²) in [5.41, 5.74) is 0. The minimum Gasteiger partial charge on any atom is -0.462 e. The molecule has 0 amide bonds. The molecule has 0 aromatic rings. The SMILES string of the molecule is CCC(C)CCCCCCCCCCCCCCCCC(=O)O[C@H](COC(=O)CCCCCCCCC(C)CC)COP(=O)(O)O. The maximum atomic E-state index is 12.4. The highest BCUT2D eigenvalue weighted by atomic mass is 31.2. The number of hydrogen-bond acceptors (Lipinski definition) is 6. The maximum absolute atomic E-state index is 12.4. The largest absolute Gasteiger partial charge is 0.469 e. The molecule has 46 heavy (non-hydrogen) atoms. The summed E-state index contributed by atoms with van der Waals surface area (Å²) in [4.78, 5) is 42.6. The number of esters is 2. The summed E-state index contributed by atoms with van der Waals surface area (Å²) in [7, 11) is -4.74.